The summed E-state index contributed by atoms with van der Waals surface area (Å²) in [5.74, 6) is 0.837. The lowest BCUT2D eigenvalue weighted by Gasteiger charge is -2.40. The smallest absolute Gasteiger partial charge is 0.272 e. The van der Waals surface area contributed by atoms with Gasteiger partial charge in [-0.05, 0) is 49.8 Å². The zero-order valence-corrected chi connectivity index (χ0v) is 21.2. The van der Waals surface area contributed by atoms with Crippen LogP contribution in [0.5, 0.6) is 0 Å². The van der Waals surface area contributed by atoms with Gasteiger partial charge in [-0.2, -0.15) is 0 Å². The van der Waals surface area contributed by atoms with E-state index < -0.39 is 0 Å². The van der Waals surface area contributed by atoms with Crippen molar-refractivity contribution in [3.8, 4) is 0 Å². The summed E-state index contributed by atoms with van der Waals surface area (Å²) < 4.78 is 0.943. The number of nitrogens with zero attached hydrogens (tertiary/aromatic N) is 4. The quantitative estimate of drug-likeness (QED) is 0.430. The molecule has 2 amide bonds. The number of likely N-dealkylation sites (tertiary alicyclic amines) is 1. The molecule has 0 unspecified atom stereocenters. The molecule has 0 spiro atoms. The Balaban J connectivity index is 1.40. The maximum Gasteiger partial charge on any atom is 0.272 e. The Morgan fingerprint density at radius 3 is 2.53 bits per heavy atom. The van der Waals surface area contributed by atoms with Crippen molar-refractivity contribution in [1.29, 1.82) is 0 Å². The lowest BCUT2D eigenvalue weighted by Crippen LogP contribution is -2.48. The molecule has 1 fully saturated rings. The van der Waals surface area contributed by atoms with Crippen LogP contribution in [0.3, 0.4) is 0 Å². The van der Waals surface area contributed by atoms with Crippen molar-refractivity contribution in [2.24, 2.45) is 5.92 Å². The molecule has 2 aromatic heterocycles. The molecule has 1 aliphatic heterocycles. The van der Waals surface area contributed by atoms with Crippen LogP contribution in [0.15, 0.2) is 64.4 Å². The molecule has 1 aromatic carbocycles. The Morgan fingerprint density at radius 2 is 1.88 bits per heavy atom. The molecule has 4 rings (SSSR count). The number of hydrogen-bond donors (Lipinski definition) is 0. The van der Waals surface area contributed by atoms with Gasteiger partial charge in [-0.1, -0.05) is 48.2 Å². The van der Waals surface area contributed by atoms with Crippen LogP contribution in [0, 0.1) is 12.8 Å². The van der Waals surface area contributed by atoms with Gasteiger partial charge in [0.05, 0.1) is 5.75 Å². The molecule has 0 aliphatic carbocycles. The first-order valence-corrected chi connectivity index (χ1v) is 13.4. The van der Waals surface area contributed by atoms with Crippen molar-refractivity contribution in [3.05, 3.63) is 77.1 Å². The van der Waals surface area contributed by atoms with Gasteiger partial charge in [0.25, 0.3) is 5.91 Å². The first kappa shape index (κ1) is 24.4. The second-order valence-corrected chi connectivity index (χ2v) is 10.7. The predicted octanol–water partition coefficient (Wildman–Crippen LogP) is 4.56. The van der Waals surface area contributed by atoms with Gasteiger partial charge in [0.15, 0.2) is 4.34 Å². The van der Waals surface area contributed by atoms with Gasteiger partial charge in [0.1, 0.15) is 5.69 Å². The number of carbonyl (C=O) groups is 2. The minimum absolute atomic E-state index is 0.0434. The van der Waals surface area contributed by atoms with Crippen LogP contribution in [0.2, 0.25) is 0 Å². The third-order valence-electron chi connectivity index (χ3n) is 6.34. The molecule has 3 aromatic rings. The van der Waals surface area contributed by atoms with Crippen LogP contribution in [0.1, 0.15) is 34.6 Å². The van der Waals surface area contributed by atoms with Gasteiger partial charge >= 0.3 is 0 Å². The highest BCUT2D eigenvalue weighted by molar-refractivity contribution is 8.01. The number of thioether (sulfide) groups is 1. The highest BCUT2D eigenvalue weighted by atomic mass is 32.2. The van der Waals surface area contributed by atoms with E-state index in [1.807, 2.05) is 59.5 Å². The minimum atomic E-state index is -0.0600. The number of aryl methyl sites for hydroxylation is 1. The van der Waals surface area contributed by atoms with Crippen LogP contribution in [-0.2, 0) is 11.2 Å². The number of benzene rings is 1. The SMILES string of the molecule is Cc1csc(SCC(=O)N2CCC([C@@H](Cc3ccccc3)N(C)C(=O)c3ccccn3)CC2)n1. The lowest BCUT2D eigenvalue weighted by atomic mass is 9.85. The first-order chi connectivity index (χ1) is 16.5. The zero-order chi connectivity index (χ0) is 23.9. The number of carbonyl (C=O) groups excluding carboxylic acids is 2. The van der Waals surface area contributed by atoms with Crippen LogP contribution < -0.4 is 0 Å². The Kier molecular flexibility index (Phi) is 8.34. The minimum Gasteiger partial charge on any atom is -0.342 e. The van der Waals surface area contributed by atoms with Crippen molar-refractivity contribution in [2.75, 3.05) is 25.9 Å². The molecule has 34 heavy (non-hydrogen) atoms. The molecular formula is C26H30N4O2S2. The van der Waals surface area contributed by atoms with E-state index in [9.17, 15) is 9.59 Å². The summed E-state index contributed by atoms with van der Waals surface area (Å²) in [7, 11) is 1.88. The molecule has 0 saturated carbocycles. The molecule has 8 heteroatoms. The Hall–Kier alpha value is -2.71. The fourth-order valence-corrected chi connectivity index (χ4v) is 6.20. The molecule has 0 bridgehead atoms. The Bertz CT molecular complexity index is 1080. The van der Waals surface area contributed by atoms with E-state index in [1.165, 1.54) is 17.3 Å². The van der Waals surface area contributed by atoms with Crippen molar-refractivity contribution in [1.82, 2.24) is 19.8 Å². The summed E-state index contributed by atoms with van der Waals surface area (Å²) in [6.45, 7) is 3.41. The van der Waals surface area contributed by atoms with Crippen molar-refractivity contribution in [2.45, 2.75) is 36.6 Å². The van der Waals surface area contributed by atoms with Crippen molar-refractivity contribution in [3.63, 3.8) is 0 Å². The Morgan fingerprint density at radius 1 is 1.15 bits per heavy atom. The zero-order valence-electron chi connectivity index (χ0n) is 19.6. The summed E-state index contributed by atoms with van der Waals surface area (Å²) in [6, 6.07) is 15.8. The maximum atomic E-state index is 13.2. The van der Waals surface area contributed by atoms with Gasteiger partial charge in [0, 0.05) is 43.4 Å². The van der Waals surface area contributed by atoms with E-state index in [1.54, 1.807) is 23.6 Å². The number of pyridine rings is 1. The topological polar surface area (TPSA) is 66.4 Å². The van der Waals surface area contributed by atoms with E-state index in [0.29, 0.717) is 17.4 Å². The second-order valence-electron chi connectivity index (χ2n) is 8.65. The highest BCUT2D eigenvalue weighted by Crippen LogP contribution is 2.28. The first-order valence-electron chi connectivity index (χ1n) is 11.6. The summed E-state index contributed by atoms with van der Waals surface area (Å²) >= 11 is 3.10. The number of hydrogen-bond acceptors (Lipinski definition) is 6. The Labute approximate surface area is 209 Å². The lowest BCUT2D eigenvalue weighted by molar-refractivity contribution is -0.130. The fraction of sp³-hybridized carbons (Fsp3) is 0.385. The van der Waals surface area contributed by atoms with Gasteiger partial charge in [-0.15, -0.1) is 11.3 Å². The average molecular weight is 495 g/mol. The second kappa shape index (κ2) is 11.6. The third kappa shape index (κ3) is 6.24. The van der Waals surface area contributed by atoms with Gasteiger partial charge in [0.2, 0.25) is 5.91 Å². The highest BCUT2D eigenvalue weighted by Gasteiger charge is 2.33. The predicted molar refractivity (Wildman–Crippen MR) is 137 cm³/mol. The molecule has 178 valence electrons. The number of thiazole rings is 1. The van der Waals surface area contributed by atoms with E-state index >= 15 is 0 Å². The molecular weight excluding hydrogens is 464 g/mol. The molecule has 0 N–H and O–H groups in total. The standard InChI is InChI=1S/C26H30N4O2S2/c1-19-17-33-26(28-19)34-18-24(31)30-14-11-21(12-15-30)23(16-20-8-4-3-5-9-20)29(2)25(32)22-10-6-7-13-27-22/h3-10,13,17,21,23H,11-12,14-16,18H2,1-2H3/t23-/m1/s1. The summed E-state index contributed by atoms with van der Waals surface area (Å²) in [4.78, 5) is 38.5. The molecule has 1 aliphatic rings. The van der Waals surface area contributed by atoms with Gasteiger partial charge < -0.3 is 9.80 Å². The van der Waals surface area contributed by atoms with Crippen LogP contribution >= 0.6 is 23.1 Å². The fourth-order valence-electron chi connectivity index (χ4n) is 4.44. The van der Waals surface area contributed by atoms with Gasteiger partial charge in [-0.25, -0.2) is 4.98 Å². The monoisotopic (exact) mass is 494 g/mol. The van der Waals surface area contributed by atoms with E-state index in [-0.39, 0.29) is 17.9 Å². The largest absolute Gasteiger partial charge is 0.342 e. The number of rotatable bonds is 8. The van der Waals surface area contributed by atoms with Crippen molar-refractivity contribution >= 4 is 34.9 Å². The van der Waals surface area contributed by atoms with E-state index in [2.05, 4.69) is 22.1 Å². The van der Waals surface area contributed by atoms with Crippen LogP contribution in [0.4, 0.5) is 0 Å². The molecule has 6 nitrogen and oxygen atoms in total. The normalized spacial score (nSPS) is 15.2. The number of aromatic nitrogens is 2. The number of likely N-dealkylation sites (N-methyl/N-ethyl adjacent to an activating group) is 1. The summed E-state index contributed by atoms with van der Waals surface area (Å²) in [6.07, 6.45) is 4.20. The van der Waals surface area contributed by atoms with Crippen LogP contribution in [0.25, 0.3) is 0 Å². The maximum absolute atomic E-state index is 13.2. The van der Waals surface area contributed by atoms with E-state index in [0.717, 1.165) is 42.4 Å². The molecule has 0 radical (unpaired) electrons. The van der Waals surface area contributed by atoms with E-state index in [4.69, 9.17) is 0 Å². The van der Waals surface area contributed by atoms with Gasteiger partial charge in [-0.3, -0.25) is 14.6 Å². The van der Waals surface area contributed by atoms with Crippen LogP contribution in [-0.4, -0.2) is 63.5 Å². The molecule has 3 heterocycles. The van der Waals surface area contributed by atoms with Crippen molar-refractivity contribution < 1.29 is 9.59 Å². The third-order valence-corrected chi connectivity index (χ3v) is 8.47. The molecule has 1 saturated heterocycles. The summed E-state index contributed by atoms with van der Waals surface area (Å²) in [5.41, 5.74) is 2.67. The molecule has 1 atom stereocenters. The summed E-state index contributed by atoms with van der Waals surface area (Å²) in [5, 5.41) is 2.01. The number of piperidine rings is 1. The number of amides is 2. The average Bonchev–Trinajstić information content (AvgIpc) is 3.31.